The largest absolute Gasteiger partial charge is 0.488 e. The molecule has 0 amide bonds. The van der Waals surface area contributed by atoms with Gasteiger partial charge >= 0.3 is 0 Å². The third-order valence-electron chi connectivity index (χ3n) is 2.81. The Morgan fingerprint density at radius 3 is 2.65 bits per heavy atom. The van der Waals surface area contributed by atoms with Gasteiger partial charge in [-0.1, -0.05) is 11.6 Å². The summed E-state index contributed by atoms with van der Waals surface area (Å²) in [5.74, 6) is -0.599. The van der Waals surface area contributed by atoms with E-state index >= 15 is 0 Å². The lowest BCUT2D eigenvalue weighted by molar-refractivity contribution is 0.189. The highest BCUT2D eigenvalue weighted by Crippen LogP contribution is 2.27. The molecule has 0 saturated carbocycles. The molecule has 1 atom stereocenters. The van der Waals surface area contributed by atoms with Crippen molar-refractivity contribution in [3.05, 3.63) is 64.2 Å². The summed E-state index contributed by atoms with van der Waals surface area (Å²) in [6.07, 6.45) is -0.884. The van der Waals surface area contributed by atoms with Gasteiger partial charge in [0.25, 0.3) is 0 Å². The molecule has 0 unspecified atom stereocenters. The first kappa shape index (κ1) is 14.8. The van der Waals surface area contributed by atoms with Crippen molar-refractivity contribution in [1.29, 1.82) is 0 Å². The van der Waals surface area contributed by atoms with E-state index in [0.29, 0.717) is 21.9 Å². The Balaban J connectivity index is 2.20. The van der Waals surface area contributed by atoms with Crippen LogP contribution in [0.2, 0.25) is 5.02 Å². The number of benzene rings is 2. The first-order valence-electron chi connectivity index (χ1n) is 6.01. The van der Waals surface area contributed by atoms with Crippen LogP contribution in [0.3, 0.4) is 0 Å². The molecule has 0 aliphatic rings. The highest BCUT2D eigenvalue weighted by atomic mass is 35.5. The second kappa shape index (κ2) is 6.20. The van der Waals surface area contributed by atoms with Crippen LogP contribution in [0.1, 0.15) is 24.2 Å². The molecule has 20 heavy (non-hydrogen) atoms. The summed E-state index contributed by atoms with van der Waals surface area (Å²) < 4.78 is 32.1. The Labute approximate surface area is 120 Å². The van der Waals surface area contributed by atoms with E-state index in [-0.39, 0.29) is 6.61 Å². The minimum atomic E-state index is -0.884. The number of aliphatic hydroxyl groups is 1. The van der Waals surface area contributed by atoms with Crippen molar-refractivity contribution in [2.45, 2.75) is 19.6 Å². The van der Waals surface area contributed by atoms with Crippen LogP contribution in [0, 0.1) is 11.6 Å². The highest BCUT2D eigenvalue weighted by Gasteiger charge is 2.12. The molecule has 106 valence electrons. The van der Waals surface area contributed by atoms with E-state index in [9.17, 15) is 13.9 Å². The normalized spacial score (nSPS) is 12.2. The van der Waals surface area contributed by atoms with E-state index in [1.54, 1.807) is 0 Å². The molecule has 0 aromatic heterocycles. The zero-order chi connectivity index (χ0) is 14.7. The molecule has 2 rings (SSSR count). The lowest BCUT2D eigenvalue weighted by atomic mass is 10.1. The number of halogens is 3. The predicted octanol–water partition coefficient (Wildman–Crippen LogP) is 4.25. The fourth-order valence-corrected chi connectivity index (χ4v) is 1.98. The molecular weight excluding hydrogens is 286 g/mol. The van der Waals surface area contributed by atoms with Crippen LogP contribution in [-0.4, -0.2) is 5.11 Å². The summed E-state index contributed by atoms with van der Waals surface area (Å²) in [6.45, 7) is 1.44. The first-order valence-corrected chi connectivity index (χ1v) is 6.39. The van der Waals surface area contributed by atoms with Gasteiger partial charge in [-0.25, -0.2) is 8.78 Å². The SMILES string of the molecule is C[C@@H](O)c1cc(F)ccc1OCc1cc(Cl)ccc1F. The van der Waals surface area contributed by atoms with Gasteiger partial charge in [-0.2, -0.15) is 0 Å². The second-order valence-electron chi connectivity index (χ2n) is 4.38. The maximum absolute atomic E-state index is 13.5. The van der Waals surface area contributed by atoms with Crippen LogP contribution in [-0.2, 0) is 6.61 Å². The smallest absolute Gasteiger partial charge is 0.129 e. The third-order valence-corrected chi connectivity index (χ3v) is 3.05. The van der Waals surface area contributed by atoms with Gasteiger partial charge < -0.3 is 9.84 Å². The van der Waals surface area contributed by atoms with Crippen LogP contribution >= 0.6 is 11.6 Å². The molecule has 0 spiro atoms. The molecule has 0 fully saturated rings. The van der Waals surface area contributed by atoms with Gasteiger partial charge in [0.05, 0.1) is 6.10 Å². The van der Waals surface area contributed by atoms with Gasteiger partial charge in [0.2, 0.25) is 0 Å². The van der Waals surface area contributed by atoms with E-state index in [4.69, 9.17) is 16.3 Å². The molecule has 2 aromatic carbocycles. The lowest BCUT2D eigenvalue weighted by Crippen LogP contribution is -2.03. The van der Waals surface area contributed by atoms with Crippen molar-refractivity contribution >= 4 is 11.6 Å². The van der Waals surface area contributed by atoms with Crippen molar-refractivity contribution in [3.63, 3.8) is 0 Å². The average molecular weight is 299 g/mol. The number of hydrogen-bond donors (Lipinski definition) is 1. The number of aliphatic hydroxyl groups excluding tert-OH is 1. The van der Waals surface area contributed by atoms with Crippen molar-refractivity contribution in [2.75, 3.05) is 0 Å². The molecule has 0 saturated heterocycles. The predicted molar refractivity (Wildman–Crippen MR) is 72.8 cm³/mol. The minimum absolute atomic E-state index is 0.0578. The molecule has 0 radical (unpaired) electrons. The standard InChI is InChI=1S/C15H13ClF2O2/c1-9(19)13-7-12(17)3-5-15(13)20-8-10-6-11(16)2-4-14(10)18/h2-7,9,19H,8H2,1H3/t9-/m1/s1. The molecule has 1 N–H and O–H groups in total. The molecule has 0 bridgehead atoms. The van der Waals surface area contributed by atoms with Crippen molar-refractivity contribution in [2.24, 2.45) is 0 Å². The van der Waals surface area contributed by atoms with E-state index in [0.717, 1.165) is 0 Å². The molecular formula is C15H13ClF2O2. The Morgan fingerprint density at radius 1 is 1.20 bits per heavy atom. The maximum atomic E-state index is 13.5. The Hall–Kier alpha value is -1.65. The van der Waals surface area contributed by atoms with Gasteiger partial charge in [0, 0.05) is 16.1 Å². The fourth-order valence-electron chi connectivity index (χ4n) is 1.79. The highest BCUT2D eigenvalue weighted by molar-refractivity contribution is 6.30. The monoisotopic (exact) mass is 298 g/mol. The van der Waals surface area contributed by atoms with Crippen LogP contribution in [0.4, 0.5) is 8.78 Å². The Morgan fingerprint density at radius 2 is 1.95 bits per heavy atom. The van der Waals surface area contributed by atoms with E-state index in [2.05, 4.69) is 0 Å². The molecule has 2 nitrogen and oxygen atoms in total. The van der Waals surface area contributed by atoms with Crippen molar-refractivity contribution in [3.8, 4) is 5.75 Å². The van der Waals surface area contributed by atoms with Crippen LogP contribution < -0.4 is 4.74 Å². The summed E-state index contributed by atoms with van der Waals surface area (Å²) in [5.41, 5.74) is 0.603. The van der Waals surface area contributed by atoms with Gasteiger partial charge in [-0.3, -0.25) is 0 Å². The molecule has 0 aliphatic carbocycles. The molecule has 2 aromatic rings. The topological polar surface area (TPSA) is 29.5 Å². The average Bonchev–Trinajstić information content (AvgIpc) is 2.40. The Kier molecular flexibility index (Phi) is 4.57. The summed E-state index contributed by atoms with van der Waals surface area (Å²) in [4.78, 5) is 0. The zero-order valence-electron chi connectivity index (χ0n) is 10.7. The first-order chi connectivity index (χ1) is 9.47. The summed E-state index contributed by atoms with van der Waals surface area (Å²) >= 11 is 5.79. The lowest BCUT2D eigenvalue weighted by Gasteiger charge is -2.14. The van der Waals surface area contributed by atoms with Gasteiger partial charge in [0.1, 0.15) is 24.0 Å². The Bertz CT molecular complexity index is 615. The van der Waals surface area contributed by atoms with E-state index in [1.165, 1.54) is 43.3 Å². The zero-order valence-corrected chi connectivity index (χ0v) is 11.5. The molecule has 0 heterocycles. The number of hydrogen-bond acceptors (Lipinski definition) is 2. The van der Waals surface area contributed by atoms with Gasteiger partial charge in [-0.15, -0.1) is 0 Å². The van der Waals surface area contributed by atoms with Gasteiger partial charge in [0.15, 0.2) is 0 Å². The van der Waals surface area contributed by atoms with E-state index in [1.807, 2.05) is 0 Å². The number of ether oxygens (including phenoxy) is 1. The maximum Gasteiger partial charge on any atom is 0.129 e. The van der Waals surface area contributed by atoms with Gasteiger partial charge in [-0.05, 0) is 43.3 Å². The summed E-state index contributed by atoms with van der Waals surface area (Å²) in [6, 6.07) is 7.97. The summed E-state index contributed by atoms with van der Waals surface area (Å²) in [7, 11) is 0. The molecule has 5 heteroatoms. The van der Waals surface area contributed by atoms with Crippen molar-refractivity contribution in [1.82, 2.24) is 0 Å². The summed E-state index contributed by atoms with van der Waals surface area (Å²) in [5, 5.41) is 9.99. The van der Waals surface area contributed by atoms with E-state index < -0.39 is 17.7 Å². The fraction of sp³-hybridized carbons (Fsp3) is 0.200. The van der Waals surface area contributed by atoms with Crippen LogP contribution in [0.5, 0.6) is 5.75 Å². The molecule has 0 aliphatic heterocycles. The second-order valence-corrected chi connectivity index (χ2v) is 4.82. The van der Waals surface area contributed by atoms with Crippen LogP contribution in [0.25, 0.3) is 0 Å². The third kappa shape index (κ3) is 3.46. The van der Waals surface area contributed by atoms with Crippen LogP contribution in [0.15, 0.2) is 36.4 Å². The minimum Gasteiger partial charge on any atom is -0.488 e. The quantitative estimate of drug-likeness (QED) is 0.914. The number of rotatable bonds is 4. The van der Waals surface area contributed by atoms with Crippen molar-refractivity contribution < 1.29 is 18.6 Å².